The Morgan fingerprint density at radius 1 is 1.50 bits per heavy atom. The molecule has 1 nitrogen and oxygen atoms in total. The largest absolute Gasteiger partial charge is 0.320 e. The molecule has 0 heterocycles. The predicted octanol–water partition coefficient (Wildman–Crippen LogP) is 2.31. The standard InChI is InChI=1S/C6H11OP/c1-4-5-6-8(2,3)7/h4-6H,1H2,2-3H3/b6-5+. The first-order valence-corrected chi connectivity index (χ1v) is 5.08. The normalized spacial score (nSPS) is 12.2. The molecule has 0 saturated heterocycles. The molecular weight excluding hydrogens is 119 g/mol. The lowest BCUT2D eigenvalue weighted by Crippen LogP contribution is -1.62. The summed E-state index contributed by atoms with van der Waals surface area (Å²) in [5.41, 5.74) is 0. The van der Waals surface area contributed by atoms with Crippen LogP contribution >= 0.6 is 7.14 Å². The van der Waals surface area contributed by atoms with E-state index in [9.17, 15) is 4.57 Å². The van der Waals surface area contributed by atoms with Crippen LogP contribution in [0.5, 0.6) is 0 Å². The van der Waals surface area contributed by atoms with Gasteiger partial charge in [-0.3, -0.25) is 0 Å². The molecule has 0 rings (SSSR count). The molecule has 0 aromatic rings. The highest BCUT2D eigenvalue weighted by atomic mass is 31.2. The van der Waals surface area contributed by atoms with Crippen molar-refractivity contribution in [2.75, 3.05) is 13.3 Å². The van der Waals surface area contributed by atoms with Gasteiger partial charge in [0.15, 0.2) is 0 Å². The van der Waals surface area contributed by atoms with Crippen LogP contribution in [-0.2, 0) is 4.57 Å². The van der Waals surface area contributed by atoms with Gasteiger partial charge in [-0.15, -0.1) is 0 Å². The van der Waals surface area contributed by atoms with Crippen LogP contribution in [0.3, 0.4) is 0 Å². The summed E-state index contributed by atoms with van der Waals surface area (Å²) in [4.78, 5) is 0. The van der Waals surface area contributed by atoms with E-state index < -0.39 is 7.14 Å². The molecule has 0 unspecified atom stereocenters. The van der Waals surface area contributed by atoms with Gasteiger partial charge < -0.3 is 4.57 Å². The molecule has 0 bridgehead atoms. The Morgan fingerprint density at radius 3 is 2.12 bits per heavy atom. The van der Waals surface area contributed by atoms with Crippen molar-refractivity contribution in [1.82, 2.24) is 0 Å². The fourth-order valence-electron chi connectivity index (χ4n) is 0.268. The number of hydrogen-bond donors (Lipinski definition) is 0. The molecule has 0 atom stereocenters. The van der Waals surface area contributed by atoms with Crippen LogP contribution in [0.2, 0.25) is 0 Å². The first-order valence-electron chi connectivity index (χ1n) is 2.41. The Kier molecular flexibility index (Phi) is 2.78. The molecule has 0 aliphatic heterocycles. The summed E-state index contributed by atoms with van der Waals surface area (Å²) in [5.74, 6) is 1.68. The summed E-state index contributed by atoms with van der Waals surface area (Å²) in [5, 5.41) is 0. The smallest absolute Gasteiger partial charge is 0.102 e. The average Bonchev–Trinajstić information content (AvgIpc) is 1.59. The second kappa shape index (κ2) is 2.88. The van der Waals surface area contributed by atoms with Crippen molar-refractivity contribution in [1.29, 1.82) is 0 Å². The summed E-state index contributed by atoms with van der Waals surface area (Å²) < 4.78 is 10.8. The summed E-state index contributed by atoms with van der Waals surface area (Å²) in [6.07, 6.45) is 3.33. The van der Waals surface area contributed by atoms with Crippen molar-refractivity contribution in [3.8, 4) is 0 Å². The second-order valence-electron chi connectivity index (χ2n) is 2.01. The Labute approximate surface area is 50.5 Å². The van der Waals surface area contributed by atoms with Crippen LogP contribution in [0, 0.1) is 0 Å². The van der Waals surface area contributed by atoms with Crippen molar-refractivity contribution in [2.24, 2.45) is 0 Å². The molecule has 0 aliphatic carbocycles. The Balaban J connectivity index is 3.89. The molecule has 46 valence electrons. The molecule has 2 heteroatoms. The first-order chi connectivity index (χ1) is 3.56. The molecule has 8 heavy (non-hydrogen) atoms. The van der Waals surface area contributed by atoms with Crippen LogP contribution in [0.25, 0.3) is 0 Å². The zero-order chi connectivity index (χ0) is 6.62. The van der Waals surface area contributed by atoms with Crippen molar-refractivity contribution in [3.63, 3.8) is 0 Å². The highest BCUT2D eigenvalue weighted by Crippen LogP contribution is 2.37. The first kappa shape index (κ1) is 7.71. The lowest BCUT2D eigenvalue weighted by atomic mass is 10.6. The van der Waals surface area contributed by atoms with E-state index in [2.05, 4.69) is 6.58 Å². The zero-order valence-corrected chi connectivity index (χ0v) is 6.19. The third-order valence-corrected chi connectivity index (χ3v) is 1.47. The SMILES string of the molecule is C=C/C=C/P(C)(C)=O. The molecule has 0 N–H and O–H groups in total. The fourth-order valence-corrected chi connectivity index (χ4v) is 0.804. The number of rotatable bonds is 2. The van der Waals surface area contributed by atoms with Gasteiger partial charge in [0.25, 0.3) is 0 Å². The lowest BCUT2D eigenvalue weighted by Gasteiger charge is -1.92. The van der Waals surface area contributed by atoms with Crippen LogP contribution in [0.15, 0.2) is 24.5 Å². The van der Waals surface area contributed by atoms with Gasteiger partial charge in [-0.05, 0) is 19.1 Å². The van der Waals surface area contributed by atoms with Crippen molar-refractivity contribution in [2.45, 2.75) is 0 Å². The van der Waals surface area contributed by atoms with Gasteiger partial charge in [-0.1, -0.05) is 18.7 Å². The number of allylic oxidation sites excluding steroid dienone is 2. The van der Waals surface area contributed by atoms with Crippen LogP contribution in [0.1, 0.15) is 0 Å². The van der Waals surface area contributed by atoms with Crippen molar-refractivity contribution >= 4 is 7.14 Å². The predicted molar refractivity (Wildman–Crippen MR) is 38.8 cm³/mol. The second-order valence-corrected chi connectivity index (χ2v) is 5.18. The molecule has 0 spiro atoms. The maximum atomic E-state index is 10.8. The van der Waals surface area contributed by atoms with Gasteiger partial charge in [0.2, 0.25) is 0 Å². The van der Waals surface area contributed by atoms with Crippen molar-refractivity contribution < 1.29 is 4.57 Å². The monoisotopic (exact) mass is 130 g/mol. The van der Waals surface area contributed by atoms with Crippen LogP contribution in [0.4, 0.5) is 0 Å². The molecule has 0 radical (unpaired) electrons. The maximum absolute atomic E-state index is 10.8. The van der Waals surface area contributed by atoms with E-state index >= 15 is 0 Å². The summed E-state index contributed by atoms with van der Waals surface area (Å²) in [7, 11) is -1.93. The molecule has 0 amide bonds. The molecule has 0 fully saturated rings. The van der Waals surface area contributed by atoms with Crippen molar-refractivity contribution in [3.05, 3.63) is 24.5 Å². The van der Waals surface area contributed by atoms with Crippen LogP contribution < -0.4 is 0 Å². The molecular formula is C6H11OP. The van der Waals surface area contributed by atoms with E-state index in [0.29, 0.717) is 0 Å². The van der Waals surface area contributed by atoms with E-state index in [1.807, 2.05) is 0 Å². The van der Waals surface area contributed by atoms with E-state index in [-0.39, 0.29) is 0 Å². The molecule has 0 aromatic carbocycles. The van der Waals surface area contributed by atoms with Gasteiger partial charge in [0.1, 0.15) is 7.14 Å². The molecule has 0 aliphatic rings. The molecule has 0 aromatic heterocycles. The van der Waals surface area contributed by atoms with Crippen LogP contribution in [-0.4, -0.2) is 13.3 Å². The third kappa shape index (κ3) is 5.71. The summed E-state index contributed by atoms with van der Waals surface area (Å²) >= 11 is 0. The third-order valence-electron chi connectivity index (χ3n) is 0.581. The Morgan fingerprint density at radius 2 is 2.00 bits per heavy atom. The van der Waals surface area contributed by atoms with E-state index in [1.54, 1.807) is 31.3 Å². The summed E-state index contributed by atoms with van der Waals surface area (Å²) in [6.45, 7) is 6.89. The van der Waals surface area contributed by atoms with E-state index in [4.69, 9.17) is 0 Å². The minimum absolute atomic E-state index is 1.62. The highest BCUT2D eigenvalue weighted by molar-refractivity contribution is 7.65. The lowest BCUT2D eigenvalue weighted by molar-refractivity contribution is 0.588. The Bertz CT molecular complexity index is 141. The zero-order valence-electron chi connectivity index (χ0n) is 5.29. The van der Waals surface area contributed by atoms with E-state index in [1.165, 1.54) is 0 Å². The minimum Gasteiger partial charge on any atom is -0.320 e. The average molecular weight is 130 g/mol. The van der Waals surface area contributed by atoms with Gasteiger partial charge in [-0.25, -0.2) is 0 Å². The Hall–Kier alpha value is -0.290. The highest BCUT2D eigenvalue weighted by Gasteiger charge is 1.96. The van der Waals surface area contributed by atoms with Gasteiger partial charge in [-0.2, -0.15) is 0 Å². The number of hydrogen-bond acceptors (Lipinski definition) is 1. The maximum Gasteiger partial charge on any atom is 0.102 e. The van der Waals surface area contributed by atoms with Gasteiger partial charge in [0.05, 0.1) is 0 Å². The summed E-state index contributed by atoms with van der Waals surface area (Å²) in [6, 6.07) is 0. The topological polar surface area (TPSA) is 17.1 Å². The fraction of sp³-hybridized carbons (Fsp3) is 0.333. The van der Waals surface area contributed by atoms with Gasteiger partial charge in [0, 0.05) is 0 Å². The molecule has 0 saturated carbocycles. The minimum atomic E-state index is -1.93. The quantitative estimate of drug-likeness (QED) is 0.414. The van der Waals surface area contributed by atoms with Gasteiger partial charge >= 0.3 is 0 Å². The van der Waals surface area contributed by atoms with E-state index in [0.717, 1.165) is 0 Å².